The molecule has 1 saturated heterocycles. The normalized spacial score (nSPS) is 16.8. The Bertz CT molecular complexity index is 449. The number of carbonyl (C=O) groups is 2. The second-order valence-corrected chi connectivity index (χ2v) is 4.22. The SMILES string of the molecule is CCC.CN1C(=O)CC(=Cc2ccccc2)C1=O. The Morgan fingerprint density at radius 2 is 1.72 bits per heavy atom. The van der Waals surface area contributed by atoms with Crippen molar-refractivity contribution in [2.45, 2.75) is 26.7 Å². The van der Waals surface area contributed by atoms with Gasteiger partial charge in [-0.25, -0.2) is 0 Å². The summed E-state index contributed by atoms with van der Waals surface area (Å²) >= 11 is 0. The molecule has 1 aliphatic heterocycles. The minimum Gasteiger partial charge on any atom is -0.282 e. The van der Waals surface area contributed by atoms with E-state index >= 15 is 0 Å². The standard InChI is InChI=1S/C12H11NO2.C3H8/c1-13-11(14)8-10(12(13)15)7-9-5-3-2-4-6-9;1-3-2/h2-7H,8H2,1H3;3H2,1-2H3. The quantitative estimate of drug-likeness (QED) is 0.563. The van der Waals surface area contributed by atoms with Gasteiger partial charge in [0.25, 0.3) is 5.91 Å². The highest BCUT2D eigenvalue weighted by atomic mass is 16.2. The third-order valence-corrected chi connectivity index (χ3v) is 2.44. The van der Waals surface area contributed by atoms with Crippen LogP contribution in [-0.4, -0.2) is 23.8 Å². The summed E-state index contributed by atoms with van der Waals surface area (Å²) in [7, 11) is 1.51. The van der Waals surface area contributed by atoms with Gasteiger partial charge in [0.2, 0.25) is 5.91 Å². The first-order chi connectivity index (χ1) is 8.60. The summed E-state index contributed by atoms with van der Waals surface area (Å²) in [5, 5.41) is 0. The number of imide groups is 1. The van der Waals surface area contributed by atoms with Crippen LogP contribution in [0.2, 0.25) is 0 Å². The third-order valence-electron chi connectivity index (χ3n) is 2.44. The molecular weight excluding hydrogens is 226 g/mol. The van der Waals surface area contributed by atoms with Crippen molar-refractivity contribution in [3.8, 4) is 0 Å². The minimum absolute atomic E-state index is 0.137. The van der Waals surface area contributed by atoms with Gasteiger partial charge in [-0.1, -0.05) is 50.6 Å². The molecule has 0 N–H and O–H groups in total. The van der Waals surface area contributed by atoms with E-state index in [-0.39, 0.29) is 18.2 Å². The number of carbonyl (C=O) groups excluding carboxylic acids is 2. The largest absolute Gasteiger partial charge is 0.282 e. The number of likely N-dealkylation sites (N-methyl/N-ethyl adjacent to an activating group) is 1. The van der Waals surface area contributed by atoms with Crippen molar-refractivity contribution in [3.05, 3.63) is 41.5 Å². The van der Waals surface area contributed by atoms with Gasteiger partial charge in [0.15, 0.2) is 0 Å². The van der Waals surface area contributed by atoms with E-state index < -0.39 is 0 Å². The lowest BCUT2D eigenvalue weighted by Gasteiger charge is -2.02. The van der Waals surface area contributed by atoms with Crippen molar-refractivity contribution < 1.29 is 9.59 Å². The van der Waals surface area contributed by atoms with Gasteiger partial charge in [-0.15, -0.1) is 0 Å². The Morgan fingerprint density at radius 3 is 2.17 bits per heavy atom. The zero-order valence-corrected chi connectivity index (χ0v) is 11.1. The average Bonchev–Trinajstić information content (AvgIpc) is 2.59. The fourth-order valence-corrected chi connectivity index (χ4v) is 1.55. The summed E-state index contributed by atoms with van der Waals surface area (Å²) in [6, 6.07) is 9.52. The fourth-order valence-electron chi connectivity index (χ4n) is 1.55. The Hall–Kier alpha value is -1.90. The van der Waals surface area contributed by atoms with Crippen LogP contribution in [0, 0.1) is 0 Å². The highest BCUT2D eigenvalue weighted by molar-refractivity contribution is 6.15. The highest BCUT2D eigenvalue weighted by Gasteiger charge is 2.30. The van der Waals surface area contributed by atoms with Gasteiger partial charge in [0.05, 0.1) is 6.42 Å². The van der Waals surface area contributed by atoms with Crippen LogP contribution in [0.3, 0.4) is 0 Å². The molecule has 1 aliphatic rings. The molecule has 0 saturated carbocycles. The fraction of sp³-hybridized carbons (Fsp3) is 0.333. The molecule has 0 spiro atoms. The van der Waals surface area contributed by atoms with Crippen molar-refractivity contribution >= 4 is 17.9 Å². The van der Waals surface area contributed by atoms with Crippen molar-refractivity contribution in [1.29, 1.82) is 0 Å². The first-order valence-electron chi connectivity index (χ1n) is 6.16. The van der Waals surface area contributed by atoms with E-state index in [0.717, 1.165) is 10.5 Å². The Morgan fingerprint density at radius 1 is 1.17 bits per heavy atom. The monoisotopic (exact) mass is 245 g/mol. The van der Waals surface area contributed by atoms with E-state index in [9.17, 15) is 9.59 Å². The molecule has 0 unspecified atom stereocenters. The van der Waals surface area contributed by atoms with Gasteiger partial charge in [-0.2, -0.15) is 0 Å². The lowest BCUT2D eigenvalue weighted by molar-refractivity contribution is -0.135. The predicted octanol–water partition coefficient (Wildman–Crippen LogP) is 2.88. The molecule has 3 nitrogen and oxygen atoms in total. The predicted molar refractivity (Wildman–Crippen MR) is 72.8 cm³/mol. The molecule has 1 fully saturated rings. The zero-order valence-electron chi connectivity index (χ0n) is 11.1. The molecule has 0 aromatic heterocycles. The van der Waals surface area contributed by atoms with Crippen molar-refractivity contribution in [2.75, 3.05) is 7.05 Å². The van der Waals surface area contributed by atoms with Crippen molar-refractivity contribution in [1.82, 2.24) is 4.90 Å². The summed E-state index contributed by atoms with van der Waals surface area (Å²) < 4.78 is 0. The maximum Gasteiger partial charge on any atom is 0.256 e. The topological polar surface area (TPSA) is 37.4 Å². The highest BCUT2D eigenvalue weighted by Crippen LogP contribution is 2.19. The summed E-state index contributed by atoms with van der Waals surface area (Å²) in [5.41, 5.74) is 1.51. The molecule has 96 valence electrons. The van der Waals surface area contributed by atoms with Crippen LogP contribution in [0.5, 0.6) is 0 Å². The summed E-state index contributed by atoms with van der Waals surface area (Å²) in [6.07, 6.45) is 3.23. The van der Waals surface area contributed by atoms with Crippen LogP contribution in [0.4, 0.5) is 0 Å². The lowest BCUT2D eigenvalue weighted by atomic mass is 10.1. The number of hydrogen-bond acceptors (Lipinski definition) is 2. The van der Waals surface area contributed by atoms with Gasteiger partial charge >= 0.3 is 0 Å². The van der Waals surface area contributed by atoms with Crippen LogP contribution in [-0.2, 0) is 9.59 Å². The van der Waals surface area contributed by atoms with Crippen molar-refractivity contribution in [3.63, 3.8) is 0 Å². The van der Waals surface area contributed by atoms with Gasteiger partial charge in [0.1, 0.15) is 0 Å². The molecule has 1 aromatic rings. The first kappa shape index (κ1) is 14.2. The molecule has 18 heavy (non-hydrogen) atoms. The van der Waals surface area contributed by atoms with Gasteiger partial charge in [0, 0.05) is 12.6 Å². The van der Waals surface area contributed by atoms with E-state index in [1.807, 2.05) is 30.3 Å². The van der Waals surface area contributed by atoms with Crippen LogP contribution in [0.1, 0.15) is 32.3 Å². The number of likely N-dealkylation sites (tertiary alicyclic amines) is 1. The molecule has 0 atom stereocenters. The molecule has 2 amide bonds. The smallest absolute Gasteiger partial charge is 0.256 e. The maximum atomic E-state index is 11.6. The second-order valence-electron chi connectivity index (χ2n) is 4.22. The molecule has 0 aliphatic carbocycles. The Labute approximate surface area is 108 Å². The first-order valence-corrected chi connectivity index (χ1v) is 6.16. The second kappa shape index (κ2) is 6.74. The summed E-state index contributed by atoms with van der Waals surface area (Å²) in [6.45, 7) is 4.25. The number of amides is 2. The Kier molecular flexibility index (Phi) is 5.31. The van der Waals surface area contributed by atoms with Crippen LogP contribution >= 0.6 is 0 Å². The van der Waals surface area contributed by atoms with E-state index in [4.69, 9.17) is 0 Å². The summed E-state index contributed by atoms with van der Waals surface area (Å²) in [5.74, 6) is -0.328. The third kappa shape index (κ3) is 3.55. The average molecular weight is 245 g/mol. The molecule has 1 heterocycles. The van der Waals surface area contributed by atoms with Crippen LogP contribution in [0.25, 0.3) is 6.08 Å². The maximum absolute atomic E-state index is 11.6. The van der Waals surface area contributed by atoms with E-state index in [1.54, 1.807) is 6.08 Å². The van der Waals surface area contributed by atoms with Gasteiger partial charge in [-0.3, -0.25) is 14.5 Å². The molecule has 0 radical (unpaired) electrons. The number of hydrogen-bond donors (Lipinski definition) is 0. The molecule has 2 rings (SSSR count). The number of rotatable bonds is 1. The minimum atomic E-state index is -0.191. The van der Waals surface area contributed by atoms with Gasteiger partial charge < -0.3 is 0 Å². The van der Waals surface area contributed by atoms with Crippen molar-refractivity contribution in [2.24, 2.45) is 0 Å². The lowest BCUT2D eigenvalue weighted by Crippen LogP contribution is -2.23. The number of benzene rings is 1. The molecule has 3 heteroatoms. The van der Waals surface area contributed by atoms with Crippen LogP contribution < -0.4 is 0 Å². The number of nitrogens with zero attached hydrogens (tertiary/aromatic N) is 1. The Balaban J connectivity index is 0.000000492. The molecular formula is C15H19NO2. The van der Waals surface area contributed by atoms with E-state index in [0.29, 0.717) is 5.57 Å². The van der Waals surface area contributed by atoms with Crippen LogP contribution in [0.15, 0.2) is 35.9 Å². The van der Waals surface area contributed by atoms with E-state index in [1.165, 1.54) is 13.5 Å². The molecule has 1 aromatic carbocycles. The zero-order chi connectivity index (χ0) is 13.5. The summed E-state index contributed by atoms with van der Waals surface area (Å²) in [4.78, 5) is 24.0. The van der Waals surface area contributed by atoms with E-state index in [2.05, 4.69) is 13.8 Å². The van der Waals surface area contributed by atoms with Gasteiger partial charge in [-0.05, 0) is 11.6 Å². The molecule has 0 bridgehead atoms.